The summed E-state index contributed by atoms with van der Waals surface area (Å²) in [5.41, 5.74) is -0.149. The van der Waals surface area contributed by atoms with Crippen LogP contribution in [0.5, 0.6) is 0 Å². The zero-order valence-corrected chi connectivity index (χ0v) is 10.8. The molecule has 2 aromatic heterocycles. The van der Waals surface area contributed by atoms with Gasteiger partial charge in [-0.05, 0) is 12.1 Å². The van der Waals surface area contributed by atoms with Crippen molar-refractivity contribution in [3.63, 3.8) is 0 Å². The molecule has 0 radical (unpaired) electrons. The van der Waals surface area contributed by atoms with Crippen molar-refractivity contribution < 1.29 is 8.42 Å². The molecule has 0 aliphatic rings. The van der Waals surface area contributed by atoms with Crippen LogP contribution in [-0.2, 0) is 23.6 Å². The van der Waals surface area contributed by atoms with Crippen molar-refractivity contribution in [3.8, 4) is 6.07 Å². The number of nitrogens with one attached hydrogen (secondary N) is 1. The Morgan fingerprint density at radius 1 is 1.47 bits per heavy atom. The number of pyridine rings is 1. The predicted octanol–water partition coefficient (Wildman–Crippen LogP) is -0.440. The lowest BCUT2D eigenvalue weighted by Crippen LogP contribution is -2.25. The molecule has 0 bridgehead atoms. The predicted molar refractivity (Wildman–Crippen MR) is 64.0 cm³/mol. The van der Waals surface area contributed by atoms with Crippen LogP contribution >= 0.6 is 0 Å². The Balaban J connectivity index is 2.21. The first-order valence-electron chi connectivity index (χ1n) is 5.22. The summed E-state index contributed by atoms with van der Waals surface area (Å²) >= 11 is 0. The highest BCUT2D eigenvalue weighted by Crippen LogP contribution is 2.11. The van der Waals surface area contributed by atoms with Gasteiger partial charge in [0.1, 0.15) is 17.3 Å². The fourth-order valence-corrected chi connectivity index (χ4v) is 2.48. The molecule has 0 unspecified atom stereocenters. The van der Waals surface area contributed by atoms with Crippen LogP contribution in [0.4, 0.5) is 0 Å². The van der Waals surface area contributed by atoms with Crippen molar-refractivity contribution in [1.82, 2.24) is 24.5 Å². The molecule has 0 fully saturated rings. The molecule has 0 aliphatic carbocycles. The lowest BCUT2D eigenvalue weighted by molar-refractivity contribution is 0.578. The summed E-state index contributed by atoms with van der Waals surface area (Å²) in [7, 11) is -2.14. The molecular weight excluding hydrogens is 268 g/mol. The van der Waals surface area contributed by atoms with Gasteiger partial charge in [0.2, 0.25) is 10.0 Å². The highest BCUT2D eigenvalue weighted by atomic mass is 32.2. The van der Waals surface area contributed by atoms with Crippen molar-refractivity contribution in [2.75, 3.05) is 0 Å². The summed E-state index contributed by atoms with van der Waals surface area (Å²) in [6.07, 6.45) is 2.83. The summed E-state index contributed by atoms with van der Waals surface area (Å²) in [6.45, 7) is -0.0526. The Bertz CT molecular complexity index is 730. The van der Waals surface area contributed by atoms with Crippen LogP contribution in [0.3, 0.4) is 0 Å². The lowest BCUT2D eigenvalue weighted by Gasteiger charge is -2.05. The van der Waals surface area contributed by atoms with Gasteiger partial charge < -0.3 is 0 Å². The largest absolute Gasteiger partial charge is 0.256 e. The maximum Gasteiger partial charge on any atom is 0.243 e. The minimum Gasteiger partial charge on any atom is -0.256 e. The summed E-state index contributed by atoms with van der Waals surface area (Å²) in [4.78, 5) is 7.45. The van der Waals surface area contributed by atoms with E-state index in [-0.39, 0.29) is 17.1 Å². The van der Waals surface area contributed by atoms with Gasteiger partial charge in [-0.1, -0.05) is 0 Å². The third-order valence-electron chi connectivity index (χ3n) is 2.23. The minimum absolute atomic E-state index is 0.0526. The number of hydrogen-bond donors (Lipinski definition) is 1. The van der Waals surface area contributed by atoms with E-state index in [1.807, 2.05) is 0 Å². The summed E-state index contributed by atoms with van der Waals surface area (Å²) < 4.78 is 27.8. The van der Waals surface area contributed by atoms with E-state index in [0.29, 0.717) is 5.82 Å². The topological polar surface area (TPSA) is 114 Å². The average Bonchev–Trinajstić information content (AvgIpc) is 2.82. The van der Waals surface area contributed by atoms with Crippen molar-refractivity contribution >= 4 is 10.0 Å². The van der Waals surface area contributed by atoms with E-state index >= 15 is 0 Å². The second-order valence-corrected chi connectivity index (χ2v) is 5.36. The summed E-state index contributed by atoms with van der Waals surface area (Å²) in [5.74, 6) is 0.341. The minimum atomic E-state index is -3.82. The molecule has 1 N–H and O–H groups in total. The van der Waals surface area contributed by atoms with Gasteiger partial charge >= 0.3 is 0 Å². The molecule has 2 rings (SSSR count). The number of aryl methyl sites for hydroxylation is 1. The van der Waals surface area contributed by atoms with Crippen LogP contribution < -0.4 is 4.72 Å². The van der Waals surface area contributed by atoms with Gasteiger partial charge in [0, 0.05) is 13.2 Å². The Morgan fingerprint density at radius 2 is 2.26 bits per heavy atom. The van der Waals surface area contributed by atoms with E-state index in [9.17, 15) is 8.42 Å². The zero-order chi connectivity index (χ0) is 13.9. The lowest BCUT2D eigenvalue weighted by atomic mass is 10.4. The molecule has 0 saturated carbocycles. The van der Waals surface area contributed by atoms with E-state index in [4.69, 9.17) is 5.26 Å². The quantitative estimate of drug-likeness (QED) is 0.811. The molecule has 2 aromatic rings. The van der Waals surface area contributed by atoms with Gasteiger partial charge in [0.05, 0.1) is 6.54 Å². The molecule has 9 heteroatoms. The van der Waals surface area contributed by atoms with E-state index in [1.54, 1.807) is 13.1 Å². The van der Waals surface area contributed by atoms with Crippen LogP contribution in [0, 0.1) is 11.3 Å². The van der Waals surface area contributed by atoms with E-state index in [2.05, 4.69) is 19.8 Å². The molecule has 0 aromatic carbocycles. The number of nitriles is 1. The second-order valence-electron chi connectivity index (χ2n) is 3.62. The molecular formula is C10H10N6O2S. The maximum absolute atomic E-state index is 12.0. The Hall–Kier alpha value is -2.31. The zero-order valence-electron chi connectivity index (χ0n) is 9.98. The third-order valence-corrected chi connectivity index (χ3v) is 3.67. The normalized spacial score (nSPS) is 11.2. The summed E-state index contributed by atoms with van der Waals surface area (Å²) in [5, 5.41) is 12.8. The Kier molecular flexibility index (Phi) is 3.55. The third kappa shape index (κ3) is 2.93. The van der Waals surface area contributed by atoms with E-state index < -0.39 is 10.0 Å². The van der Waals surface area contributed by atoms with Gasteiger partial charge in [-0.25, -0.2) is 23.1 Å². The highest BCUT2D eigenvalue weighted by Gasteiger charge is 2.19. The van der Waals surface area contributed by atoms with E-state index in [0.717, 1.165) is 0 Å². The molecule has 8 nitrogen and oxygen atoms in total. The fourth-order valence-electron chi connectivity index (χ4n) is 1.39. The van der Waals surface area contributed by atoms with Crippen molar-refractivity contribution in [2.24, 2.45) is 7.05 Å². The number of hydrogen-bond acceptors (Lipinski definition) is 6. The highest BCUT2D eigenvalue weighted by molar-refractivity contribution is 7.89. The smallest absolute Gasteiger partial charge is 0.243 e. The molecule has 98 valence electrons. The van der Waals surface area contributed by atoms with Gasteiger partial charge in [0.25, 0.3) is 0 Å². The Morgan fingerprint density at radius 3 is 2.89 bits per heavy atom. The molecule has 0 atom stereocenters. The number of nitrogens with zero attached hydrogens (tertiary/aromatic N) is 5. The van der Waals surface area contributed by atoms with Gasteiger partial charge in [-0.2, -0.15) is 10.4 Å². The maximum atomic E-state index is 12.0. The van der Waals surface area contributed by atoms with Crippen molar-refractivity contribution in [3.05, 3.63) is 36.2 Å². The molecule has 0 aliphatic heterocycles. The van der Waals surface area contributed by atoms with Crippen LogP contribution in [0.25, 0.3) is 0 Å². The average molecular weight is 278 g/mol. The Labute approximate surface area is 109 Å². The van der Waals surface area contributed by atoms with Crippen LogP contribution in [0.15, 0.2) is 29.6 Å². The standard InChI is InChI=1S/C10H10N6O2S/c1-16-7-13-10(15-16)6-14-19(17,18)9-3-2-4-12-8(9)5-11/h2-4,7,14H,6H2,1H3. The van der Waals surface area contributed by atoms with Gasteiger partial charge in [-0.15, -0.1) is 0 Å². The van der Waals surface area contributed by atoms with E-state index in [1.165, 1.54) is 29.3 Å². The van der Waals surface area contributed by atoms with Gasteiger partial charge in [0.15, 0.2) is 11.5 Å². The van der Waals surface area contributed by atoms with Gasteiger partial charge in [-0.3, -0.25) is 4.68 Å². The van der Waals surface area contributed by atoms with Crippen molar-refractivity contribution in [1.29, 1.82) is 5.26 Å². The van der Waals surface area contributed by atoms with Crippen molar-refractivity contribution in [2.45, 2.75) is 11.4 Å². The first-order valence-corrected chi connectivity index (χ1v) is 6.70. The molecule has 0 amide bonds. The molecule has 2 heterocycles. The fraction of sp³-hybridized carbons (Fsp3) is 0.200. The summed E-state index contributed by atoms with van der Waals surface area (Å²) in [6, 6.07) is 4.51. The van der Waals surface area contributed by atoms with Crippen LogP contribution in [0.1, 0.15) is 11.5 Å². The first kappa shape index (κ1) is 13.1. The number of aromatic nitrogens is 4. The first-order chi connectivity index (χ1) is 9.03. The molecule has 0 saturated heterocycles. The monoisotopic (exact) mass is 278 g/mol. The number of sulfonamides is 1. The second kappa shape index (κ2) is 5.13. The van der Waals surface area contributed by atoms with Crippen LogP contribution in [-0.4, -0.2) is 28.2 Å². The van der Waals surface area contributed by atoms with Crippen LogP contribution in [0.2, 0.25) is 0 Å². The SMILES string of the molecule is Cn1cnc(CNS(=O)(=O)c2cccnc2C#N)n1. The number of rotatable bonds is 4. The molecule has 0 spiro atoms. The molecule has 19 heavy (non-hydrogen) atoms.